The van der Waals surface area contributed by atoms with Crippen molar-refractivity contribution in [2.45, 2.75) is 51.4 Å². The Morgan fingerprint density at radius 3 is 2.42 bits per heavy atom. The van der Waals surface area contributed by atoms with Crippen molar-refractivity contribution in [3.05, 3.63) is 0 Å². The minimum Gasteiger partial charge on any atom is -0.542 e. The predicted octanol–water partition coefficient (Wildman–Crippen LogP) is -0.149. The maximum Gasteiger partial charge on any atom is 1.00 e. The van der Waals surface area contributed by atoms with Crippen LogP contribution >= 0.6 is 0 Å². The molecule has 1 aliphatic carbocycles. The molecule has 0 aromatic carbocycles. The standard InChI is InChI=1S/C10H17O.Li/c11-9-5-4-8-10-6-2-1-3-7-10;/h10H,1-8H2;/q-1;+1. The van der Waals surface area contributed by atoms with Crippen molar-refractivity contribution >= 4 is 6.29 Å². The predicted molar refractivity (Wildman–Crippen MR) is 46.1 cm³/mol. The molecular weight excluding hydrogens is 143 g/mol. The maximum atomic E-state index is 9.92. The molecule has 0 amide bonds. The summed E-state index contributed by atoms with van der Waals surface area (Å²) >= 11 is 0. The Labute approximate surface area is 87.5 Å². The van der Waals surface area contributed by atoms with Crippen LogP contribution in [0.5, 0.6) is 0 Å². The molecule has 0 aliphatic heterocycles. The van der Waals surface area contributed by atoms with Gasteiger partial charge in [0.05, 0.1) is 0 Å². The summed E-state index contributed by atoms with van der Waals surface area (Å²) in [5.74, 6) is 0.928. The van der Waals surface area contributed by atoms with Crippen molar-refractivity contribution in [1.29, 1.82) is 0 Å². The second kappa shape index (κ2) is 7.89. The molecule has 0 atom stereocenters. The first-order chi connectivity index (χ1) is 5.43. The molecule has 0 aromatic heterocycles. The smallest absolute Gasteiger partial charge is 0.542 e. The largest absolute Gasteiger partial charge is 1.00 e. The third-order valence-corrected chi connectivity index (χ3v) is 2.62. The van der Waals surface area contributed by atoms with Crippen LogP contribution in [0.4, 0.5) is 0 Å². The van der Waals surface area contributed by atoms with E-state index in [2.05, 4.69) is 0 Å². The molecule has 0 spiro atoms. The second-order valence-electron chi connectivity index (χ2n) is 3.54. The molecule has 1 aliphatic rings. The Balaban J connectivity index is 0.00000121. The average molecular weight is 160 g/mol. The van der Waals surface area contributed by atoms with Crippen molar-refractivity contribution in [2.24, 2.45) is 5.92 Å². The fourth-order valence-corrected chi connectivity index (χ4v) is 1.94. The van der Waals surface area contributed by atoms with Gasteiger partial charge in [-0.2, -0.15) is 6.42 Å². The molecular formula is C10H17LiO. The van der Waals surface area contributed by atoms with Gasteiger partial charge in [0, 0.05) is 0 Å². The Morgan fingerprint density at radius 2 is 1.83 bits per heavy atom. The summed E-state index contributed by atoms with van der Waals surface area (Å²) in [5, 5.41) is 0. The molecule has 1 fully saturated rings. The summed E-state index contributed by atoms with van der Waals surface area (Å²) in [6, 6.07) is 0. The molecule has 1 saturated carbocycles. The van der Waals surface area contributed by atoms with Gasteiger partial charge in [-0.1, -0.05) is 44.9 Å². The quantitative estimate of drug-likeness (QED) is 0.317. The van der Waals surface area contributed by atoms with Crippen molar-refractivity contribution in [1.82, 2.24) is 0 Å². The molecule has 2 heteroatoms. The van der Waals surface area contributed by atoms with Gasteiger partial charge in [0.2, 0.25) is 0 Å². The van der Waals surface area contributed by atoms with Crippen LogP contribution in [0.25, 0.3) is 0 Å². The molecule has 0 unspecified atom stereocenters. The summed E-state index contributed by atoms with van der Waals surface area (Å²) in [7, 11) is 0. The van der Waals surface area contributed by atoms with Gasteiger partial charge in [-0.05, 0) is 5.92 Å². The zero-order chi connectivity index (χ0) is 7.94. The Hall–Kier alpha value is 0.267. The van der Waals surface area contributed by atoms with Crippen molar-refractivity contribution in [2.75, 3.05) is 0 Å². The fourth-order valence-electron chi connectivity index (χ4n) is 1.94. The number of carbonyl (C=O) groups excluding carboxylic acids is 1. The first kappa shape index (κ1) is 12.3. The first-order valence-electron chi connectivity index (χ1n) is 4.78. The van der Waals surface area contributed by atoms with Crippen molar-refractivity contribution < 1.29 is 23.7 Å². The van der Waals surface area contributed by atoms with E-state index in [9.17, 15) is 4.79 Å². The van der Waals surface area contributed by atoms with E-state index in [-0.39, 0.29) is 18.9 Å². The number of unbranched alkanes of at least 4 members (excludes halogenated alkanes) is 1. The molecule has 12 heavy (non-hydrogen) atoms. The van der Waals surface area contributed by atoms with Gasteiger partial charge in [0.15, 0.2) is 0 Å². The van der Waals surface area contributed by atoms with Crippen LogP contribution in [0, 0.1) is 5.92 Å². The van der Waals surface area contributed by atoms with Crippen LogP contribution in [0.1, 0.15) is 51.4 Å². The van der Waals surface area contributed by atoms with E-state index < -0.39 is 0 Å². The van der Waals surface area contributed by atoms with E-state index in [1.54, 1.807) is 0 Å². The second-order valence-corrected chi connectivity index (χ2v) is 3.54. The summed E-state index contributed by atoms with van der Waals surface area (Å²) in [5.41, 5.74) is 0. The van der Waals surface area contributed by atoms with Gasteiger partial charge in [0.1, 0.15) is 0 Å². The first-order valence-corrected chi connectivity index (χ1v) is 4.78. The molecule has 0 N–H and O–H groups in total. The fraction of sp³-hybridized carbons (Fsp3) is 0.900. The zero-order valence-corrected chi connectivity index (χ0v) is 8.14. The molecule has 1 nitrogen and oxygen atoms in total. The van der Waals surface area contributed by atoms with E-state index >= 15 is 0 Å². The zero-order valence-electron chi connectivity index (χ0n) is 8.14. The maximum absolute atomic E-state index is 9.92. The van der Waals surface area contributed by atoms with Crippen LogP contribution in [0.2, 0.25) is 0 Å². The molecule has 0 bridgehead atoms. The molecule has 0 saturated heterocycles. The summed E-state index contributed by atoms with van der Waals surface area (Å²) < 4.78 is 0. The van der Waals surface area contributed by atoms with Gasteiger partial charge in [0.25, 0.3) is 0 Å². The minimum atomic E-state index is 0. The van der Waals surface area contributed by atoms with Gasteiger partial charge in [-0.15, -0.1) is 0 Å². The van der Waals surface area contributed by atoms with Crippen molar-refractivity contribution in [3.8, 4) is 0 Å². The van der Waals surface area contributed by atoms with Crippen molar-refractivity contribution in [3.63, 3.8) is 0 Å². The van der Waals surface area contributed by atoms with Crippen LogP contribution in [-0.2, 0) is 4.79 Å². The summed E-state index contributed by atoms with van der Waals surface area (Å²) in [6.07, 6.45) is 12.0. The number of hydrogen-bond acceptors (Lipinski definition) is 1. The normalized spacial score (nSPS) is 18.3. The molecule has 0 radical (unpaired) electrons. The van der Waals surface area contributed by atoms with Gasteiger partial charge in [-0.3, -0.25) is 6.29 Å². The number of rotatable bonds is 4. The molecule has 0 heterocycles. The third kappa shape index (κ3) is 5.01. The average Bonchev–Trinajstić information content (AvgIpc) is 2.07. The SMILES string of the molecule is O=[C-]CCCC1CCCCC1.[Li+]. The van der Waals surface area contributed by atoms with Gasteiger partial charge in [-0.25, -0.2) is 0 Å². The van der Waals surface area contributed by atoms with E-state index in [4.69, 9.17) is 0 Å². The monoisotopic (exact) mass is 160 g/mol. The van der Waals surface area contributed by atoms with Gasteiger partial charge < -0.3 is 4.79 Å². The molecule has 0 aromatic rings. The molecule has 64 valence electrons. The Bertz CT molecular complexity index is 108. The van der Waals surface area contributed by atoms with E-state index in [1.807, 2.05) is 6.29 Å². The van der Waals surface area contributed by atoms with E-state index in [1.165, 1.54) is 38.5 Å². The summed E-state index contributed by atoms with van der Waals surface area (Å²) in [4.78, 5) is 9.92. The number of hydrogen-bond donors (Lipinski definition) is 0. The Morgan fingerprint density at radius 1 is 1.17 bits per heavy atom. The Kier molecular flexibility index (Phi) is 8.07. The van der Waals surface area contributed by atoms with Crippen LogP contribution in [0.15, 0.2) is 0 Å². The third-order valence-electron chi connectivity index (χ3n) is 2.62. The minimum absolute atomic E-state index is 0. The van der Waals surface area contributed by atoms with Gasteiger partial charge >= 0.3 is 18.9 Å². The van der Waals surface area contributed by atoms with E-state index in [0.717, 1.165) is 12.3 Å². The van der Waals surface area contributed by atoms with Crippen LogP contribution < -0.4 is 18.9 Å². The van der Waals surface area contributed by atoms with Crippen LogP contribution in [0.3, 0.4) is 0 Å². The van der Waals surface area contributed by atoms with Crippen LogP contribution in [-0.4, -0.2) is 6.29 Å². The van der Waals surface area contributed by atoms with E-state index in [0.29, 0.717) is 6.42 Å². The topological polar surface area (TPSA) is 17.1 Å². The summed E-state index contributed by atoms with van der Waals surface area (Å²) in [6.45, 7) is 0. The molecule has 1 rings (SSSR count).